The van der Waals surface area contributed by atoms with Gasteiger partial charge < -0.3 is 15.1 Å². The van der Waals surface area contributed by atoms with Gasteiger partial charge >= 0.3 is 0 Å². The monoisotopic (exact) mass is 379 g/mol. The van der Waals surface area contributed by atoms with E-state index in [1.54, 1.807) is 6.20 Å². The lowest BCUT2D eigenvalue weighted by molar-refractivity contribution is -0.121. The maximum Gasteiger partial charge on any atom is 0.233 e. The van der Waals surface area contributed by atoms with Gasteiger partial charge in [0, 0.05) is 16.6 Å². The Hall–Kier alpha value is -1.50. The number of hydrogen-bond donors (Lipinski definition) is 2. The molecule has 134 valence electrons. The van der Waals surface area contributed by atoms with Crippen molar-refractivity contribution >= 4 is 29.3 Å². The molecule has 1 unspecified atom stereocenters. The summed E-state index contributed by atoms with van der Waals surface area (Å²) in [6, 6.07) is 7.72. The van der Waals surface area contributed by atoms with Crippen LogP contribution in [0.3, 0.4) is 0 Å². The molecule has 0 spiro atoms. The molecule has 1 fully saturated rings. The first kappa shape index (κ1) is 18.3. The molecular weight excluding hydrogens is 358 g/mol. The van der Waals surface area contributed by atoms with Crippen LogP contribution in [0.1, 0.15) is 25.7 Å². The molecule has 1 amide bonds. The Balaban J connectivity index is 1.49. The molecular formula is C18H22ClN3O2S. The summed E-state index contributed by atoms with van der Waals surface area (Å²) in [6.45, 7) is 3.86. The van der Waals surface area contributed by atoms with E-state index in [0.29, 0.717) is 22.4 Å². The van der Waals surface area contributed by atoms with Crippen molar-refractivity contribution in [3.63, 3.8) is 0 Å². The summed E-state index contributed by atoms with van der Waals surface area (Å²) < 4.78 is 5.77. The number of benzene rings is 1. The quantitative estimate of drug-likeness (QED) is 0.804. The van der Waals surface area contributed by atoms with Gasteiger partial charge in [-0.25, -0.2) is 4.98 Å². The zero-order valence-electron chi connectivity index (χ0n) is 14.1. The number of oxazole rings is 1. The van der Waals surface area contributed by atoms with Crippen molar-refractivity contribution in [1.29, 1.82) is 0 Å². The smallest absolute Gasteiger partial charge is 0.233 e. The van der Waals surface area contributed by atoms with Crippen molar-refractivity contribution < 1.29 is 9.21 Å². The summed E-state index contributed by atoms with van der Waals surface area (Å²) in [4.78, 5) is 16.6. The number of amides is 1. The molecule has 0 bridgehead atoms. The molecule has 1 atom stereocenters. The molecule has 0 aliphatic carbocycles. The number of nitrogens with one attached hydrogen (secondary N) is 2. The van der Waals surface area contributed by atoms with Crippen molar-refractivity contribution in [2.24, 2.45) is 0 Å². The van der Waals surface area contributed by atoms with E-state index in [-0.39, 0.29) is 17.2 Å². The summed E-state index contributed by atoms with van der Waals surface area (Å²) in [5, 5.41) is 6.98. The first-order valence-electron chi connectivity index (χ1n) is 8.45. The van der Waals surface area contributed by atoms with Crippen LogP contribution < -0.4 is 10.6 Å². The molecule has 5 nitrogen and oxygen atoms in total. The zero-order chi connectivity index (χ0) is 17.6. The highest BCUT2D eigenvalue weighted by molar-refractivity contribution is 7.99. The molecule has 1 aliphatic rings. The second kappa shape index (κ2) is 8.74. The minimum absolute atomic E-state index is 0.0846. The standard InChI is InChI=1S/C18H22ClN3O2S/c1-12(18(23)22-15-6-8-20-9-7-15)25-11-17-21-10-16(24-17)13-2-4-14(19)5-3-13/h2-5,10,12,15,20H,6-9,11H2,1H3,(H,22,23). The molecule has 2 N–H and O–H groups in total. The Morgan fingerprint density at radius 3 is 2.84 bits per heavy atom. The maximum absolute atomic E-state index is 12.3. The molecule has 1 aromatic carbocycles. The van der Waals surface area contributed by atoms with Crippen molar-refractivity contribution in [3.8, 4) is 11.3 Å². The number of rotatable bonds is 6. The Morgan fingerprint density at radius 2 is 2.12 bits per heavy atom. The van der Waals surface area contributed by atoms with Gasteiger partial charge in [-0.05, 0) is 57.1 Å². The van der Waals surface area contributed by atoms with Gasteiger partial charge in [0.1, 0.15) is 0 Å². The minimum atomic E-state index is -0.138. The van der Waals surface area contributed by atoms with Crippen LogP contribution in [0.2, 0.25) is 5.02 Å². The Morgan fingerprint density at radius 1 is 1.40 bits per heavy atom. The minimum Gasteiger partial charge on any atom is -0.440 e. The predicted octanol–water partition coefficient (Wildman–Crippen LogP) is 3.48. The van der Waals surface area contributed by atoms with Gasteiger partial charge in [-0.2, -0.15) is 0 Å². The van der Waals surface area contributed by atoms with E-state index < -0.39 is 0 Å². The van der Waals surface area contributed by atoms with Gasteiger partial charge in [-0.1, -0.05) is 11.6 Å². The predicted molar refractivity (Wildman–Crippen MR) is 102 cm³/mol. The molecule has 1 aromatic heterocycles. The lowest BCUT2D eigenvalue weighted by Crippen LogP contribution is -2.45. The normalized spacial score (nSPS) is 16.6. The molecule has 7 heteroatoms. The number of halogens is 1. The highest BCUT2D eigenvalue weighted by atomic mass is 35.5. The molecule has 0 saturated carbocycles. The summed E-state index contributed by atoms with van der Waals surface area (Å²) in [6.07, 6.45) is 3.69. The van der Waals surface area contributed by atoms with Crippen molar-refractivity contribution in [1.82, 2.24) is 15.6 Å². The van der Waals surface area contributed by atoms with Crippen molar-refractivity contribution in [2.45, 2.75) is 36.8 Å². The number of hydrogen-bond acceptors (Lipinski definition) is 5. The van der Waals surface area contributed by atoms with Crippen LogP contribution in [0.15, 0.2) is 34.9 Å². The molecule has 1 aliphatic heterocycles. The van der Waals surface area contributed by atoms with E-state index in [1.165, 1.54) is 11.8 Å². The molecule has 1 saturated heterocycles. The second-order valence-electron chi connectivity index (χ2n) is 6.11. The van der Waals surface area contributed by atoms with Crippen LogP contribution in [-0.4, -0.2) is 35.3 Å². The first-order chi connectivity index (χ1) is 12.1. The highest BCUT2D eigenvalue weighted by Gasteiger charge is 2.20. The van der Waals surface area contributed by atoms with Crippen molar-refractivity contribution in [3.05, 3.63) is 41.4 Å². The number of piperidine rings is 1. The number of aromatic nitrogens is 1. The third-order valence-corrected chi connectivity index (χ3v) is 5.57. The Kier molecular flexibility index (Phi) is 6.39. The van der Waals surface area contributed by atoms with Gasteiger partial charge in [0.25, 0.3) is 0 Å². The lowest BCUT2D eigenvalue weighted by Gasteiger charge is -2.25. The van der Waals surface area contributed by atoms with Gasteiger partial charge in [0.15, 0.2) is 5.76 Å². The second-order valence-corrected chi connectivity index (χ2v) is 7.88. The largest absolute Gasteiger partial charge is 0.440 e. The van der Waals surface area contributed by atoms with Gasteiger partial charge in [0.2, 0.25) is 11.8 Å². The number of carbonyl (C=O) groups excluding carboxylic acids is 1. The van der Waals surface area contributed by atoms with Crippen LogP contribution >= 0.6 is 23.4 Å². The van der Waals surface area contributed by atoms with Gasteiger partial charge in [-0.3, -0.25) is 4.79 Å². The number of carbonyl (C=O) groups is 1. The van der Waals surface area contributed by atoms with Crippen LogP contribution in [0.5, 0.6) is 0 Å². The van der Waals surface area contributed by atoms with E-state index >= 15 is 0 Å². The van der Waals surface area contributed by atoms with E-state index in [4.69, 9.17) is 16.0 Å². The fourth-order valence-corrected chi connectivity index (χ4v) is 3.55. The zero-order valence-corrected chi connectivity index (χ0v) is 15.7. The van der Waals surface area contributed by atoms with Crippen LogP contribution in [0.25, 0.3) is 11.3 Å². The summed E-state index contributed by atoms with van der Waals surface area (Å²) in [7, 11) is 0. The molecule has 2 aromatic rings. The van der Waals surface area contributed by atoms with Gasteiger partial charge in [-0.15, -0.1) is 11.8 Å². The Bertz CT molecular complexity index is 699. The fourth-order valence-electron chi connectivity index (χ4n) is 2.68. The van der Waals surface area contributed by atoms with Crippen LogP contribution in [0, 0.1) is 0 Å². The fraction of sp³-hybridized carbons (Fsp3) is 0.444. The van der Waals surface area contributed by atoms with E-state index in [2.05, 4.69) is 15.6 Å². The molecule has 0 radical (unpaired) electrons. The topological polar surface area (TPSA) is 67.2 Å². The summed E-state index contributed by atoms with van der Waals surface area (Å²) in [5.74, 6) is 1.98. The van der Waals surface area contributed by atoms with Gasteiger partial charge in [0.05, 0.1) is 17.2 Å². The average Bonchev–Trinajstić information content (AvgIpc) is 3.10. The van der Waals surface area contributed by atoms with E-state index in [9.17, 15) is 4.79 Å². The van der Waals surface area contributed by atoms with Crippen molar-refractivity contribution in [2.75, 3.05) is 13.1 Å². The number of nitrogens with zero attached hydrogens (tertiary/aromatic N) is 1. The molecule has 25 heavy (non-hydrogen) atoms. The highest BCUT2D eigenvalue weighted by Crippen LogP contribution is 2.25. The SMILES string of the molecule is CC(SCc1ncc(-c2ccc(Cl)cc2)o1)C(=O)NC1CCNCC1. The Labute approximate surface area is 156 Å². The average molecular weight is 380 g/mol. The number of thioether (sulfide) groups is 1. The maximum atomic E-state index is 12.3. The van der Waals surface area contributed by atoms with Crippen LogP contribution in [0.4, 0.5) is 0 Å². The van der Waals surface area contributed by atoms with E-state index in [1.807, 2.05) is 31.2 Å². The summed E-state index contributed by atoms with van der Waals surface area (Å²) >= 11 is 7.43. The summed E-state index contributed by atoms with van der Waals surface area (Å²) in [5.41, 5.74) is 0.935. The molecule has 2 heterocycles. The lowest BCUT2D eigenvalue weighted by atomic mass is 10.1. The van der Waals surface area contributed by atoms with Crippen LogP contribution in [-0.2, 0) is 10.5 Å². The third-order valence-electron chi connectivity index (χ3n) is 4.19. The molecule has 3 rings (SSSR count). The third kappa shape index (κ3) is 5.23. The first-order valence-corrected chi connectivity index (χ1v) is 9.88. The van der Waals surface area contributed by atoms with E-state index in [0.717, 1.165) is 31.5 Å².